The number of hydrogen-bond donors (Lipinski definition) is 3. The summed E-state index contributed by atoms with van der Waals surface area (Å²) in [5.74, 6) is 0. The smallest absolute Gasteiger partial charge is 0.0613 e. The minimum atomic E-state index is 0.0372. The third-order valence-electron chi connectivity index (χ3n) is 2.70. The van der Waals surface area contributed by atoms with Crippen LogP contribution in [0.1, 0.15) is 32.1 Å². The van der Waals surface area contributed by atoms with Gasteiger partial charge in [0, 0.05) is 12.1 Å². The first-order valence-electron chi connectivity index (χ1n) is 4.80. The lowest BCUT2D eigenvalue weighted by Gasteiger charge is -2.41. The number of nitrogens with one attached hydrogen (secondary N) is 1. The summed E-state index contributed by atoms with van der Waals surface area (Å²) in [5.41, 5.74) is 0.0372. The average molecular weight is 173 g/mol. The molecule has 1 fully saturated rings. The Bertz CT molecular complexity index is 118. The van der Waals surface area contributed by atoms with E-state index in [-0.39, 0.29) is 18.8 Å². The number of aliphatic hydroxyl groups excluding tert-OH is 2. The van der Waals surface area contributed by atoms with E-state index >= 15 is 0 Å². The van der Waals surface area contributed by atoms with Crippen molar-refractivity contribution in [3.63, 3.8) is 0 Å². The van der Waals surface area contributed by atoms with Crippen LogP contribution in [-0.2, 0) is 0 Å². The Kier molecular flexibility index (Phi) is 3.98. The number of aliphatic hydroxyl groups is 2. The van der Waals surface area contributed by atoms with Gasteiger partial charge in [-0.25, -0.2) is 0 Å². The lowest BCUT2D eigenvalue weighted by atomic mass is 9.77. The van der Waals surface area contributed by atoms with Crippen LogP contribution in [0.15, 0.2) is 0 Å². The van der Waals surface area contributed by atoms with Crippen LogP contribution in [0.5, 0.6) is 0 Å². The summed E-state index contributed by atoms with van der Waals surface area (Å²) in [5, 5.41) is 21.0. The van der Waals surface area contributed by atoms with Gasteiger partial charge in [-0.1, -0.05) is 0 Å². The van der Waals surface area contributed by atoms with Crippen molar-refractivity contribution in [2.24, 2.45) is 0 Å². The monoisotopic (exact) mass is 173 g/mol. The maximum atomic E-state index is 9.08. The van der Waals surface area contributed by atoms with Gasteiger partial charge in [-0.2, -0.15) is 0 Å². The molecular weight excluding hydrogens is 154 g/mol. The fourth-order valence-electron chi connectivity index (χ4n) is 1.58. The molecule has 0 bridgehead atoms. The van der Waals surface area contributed by atoms with E-state index in [2.05, 4.69) is 5.32 Å². The van der Waals surface area contributed by atoms with Crippen LogP contribution in [0.25, 0.3) is 0 Å². The molecule has 0 radical (unpaired) electrons. The zero-order valence-corrected chi connectivity index (χ0v) is 7.55. The Morgan fingerprint density at radius 3 is 2.33 bits per heavy atom. The van der Waals surface area contributed by atoms with Crippen molar-refractivity contribution in [1.82, 2.24) is 5.32 Å². The highest BCUT2D eigenvalue weighted by Crippen LogP contribution is 2.30. The van der Waals surface area contributed by atoms with Gasteiger partial charge in [-0.05, 0) is 38.6 Å². The molecular formula is C9H19NO2. The van der Waals surface area contributed by atoms with Crippen molar-refractivity contribution in [3.8, 4) is 0 Å². The molecule has 0 aromatic heterocycles. The SMILES string of the molecule is OCCCCNC1(CO)CCC1. The van der Waals surface area contributed by atoms with Crippen LogP contribution >= 0.6 is 0 Å². The van der Waals surface area contributed by atoms with Crippen LogP contribution in [0.3, 0.4) is 0 Å². The number of unbranched alkanes of at least 4 members (excludes halogenated alkanes) is 1. The van der Waals surface area contributed by atoms with Crippen LogP contribution in [0, 0.1) is 0 Å². The van der Waals surface area contributed by atoms with E-state index in [1.54, 1.807) is 0 Å². The number of hydrogen-bond acceptors (Lipinski definition) is 3. The molecule has 0 heterocycles. The Labute approximate surface area is 73.8 Å². The third kappa shape index (κ3) is 2.44. The summed E-state index contributed by atoms with van der Waals surface area (Å²) < 4.78 is 0. The second-order valence-electron chi connectivity index (χ2n) is 3.65. The van der Waals surface area contributed by atoms with Gasteiger partial charge >= 0.3 is 0 Å². The third-order valence-corrected chi connectivity index (χ3v) is 2.70. The van der Waals surface area contributed by atoms with E-state index in [9.17, 15) is 0 Å². The van der Waals surface area contributed by atoms with Crippen molar-refractivity contribution in [3.05, 3.63) is 0 Å². The first-order valence-corrected chi connectivity index (χ1v) is 4.80. The van der Waals surface area contributed by atoms with Gasteiger partial charge < -0.3 is 15.5 Å². The summed E-state index contributed by atoms with van der Waals surface area (Å²) >= 11 is 0. The number of rotatable bonds is 6. The van der Waals surface area contributed by atoms with Crippen molar-refractivity contribution < 1.29 is 10.2 Å². The predicted octanol–water partition coefficient (Wildman–Crippen LogP) is 0.263. The molecule has 0 saturated heterocycles. The molecule has 72 valence electrons. The first kappa shape index (κ1) is 9.96. The normalized spacial score (nSPS) is 20.5. The molecule has 1 aliphatic rings. The lowest BCUT2D eigenvalue weighted by Crippen LogP contribution is -2.54. The Balaban J connectivity index is 2.04. The molecule has 1 rings (SSSR count). The lowest BCUT2D eigenvalue weighted by molar-refractivity contribution is 0.0882. The maximum absolute atomic E-state index is 9.08. The molecule has 0 aliphatic heterocycles. The van der Waals surface area contributed by atoms with Crippen molar-refractivity contribution in [2.45, 2.75) is 37.6 Å². The molecule has 12 heavy (non-hydrogen) atoms. The van der Waals surface area contributed by atoms with E-state index < -0.39 is 0 Å². The molecule has 0 atom stereocenters. The zero-order chi connectivity index (χ0) is 8.86. The average Bonchev–Trinajstić information content (AvgIpc) is 2.02. The van der Waals surface area contributed by atoms with Gasteiger partial charge in [0.05, 0.1) is 6.61 Å². The molecule has 1 saturated carbocycles. The van der Waals surface area contributed by atoms with E-state index in [0.717, 1.165) is 32.2 Å². The molecule has 0 amide bonds. The molecule has 3 heteroatoms. The van der Waals surface area contributed by atoms with Crippen LogP contribution in [0.4, 0.5) is 0 Å². The summed E-state index contributed by atoms with van der Waals surface area (Å²) in [4.78, 5) is 0. The summed E-state index contributed by atoms with van der Waals surface area (Å²) in [7, 11) is 0. The van der Waals surface area contributed by atoms with E-state index in [4.69, 9.17) is 10.2 Å². The highest BCUT2D eigenvalue weighted by Gasteiger charge is 2.35. The highest BCUT2D eigenvalue weighted by atomic mass is 16.3. The van der Waals surface area contributed by atoms with Gasteiger partial charge in [-0.15, -0.1) is 0 Å². The van der Waals surface area contributed by atoms with E-state index in [1.165, 1.54) is 6.42 Å². The molecule has 3 nitrogen and oxygen atoms in total. The van der Waals surface area contributed by atoms with Gasteiger partial charge in [0.1, 0.15) is 0 Å². The van der Waals surface area contributed by atoms with Crippen molar-refractivity contribution >= 4 is 0 Å². The van der Waals surface area contributed by atoms with Crippen molar-refractivity contribution in [2.75, 3.05) is 19.8 Å². The molecule has 1 aliphatic carbocycles. The Morgan fingerprint density at radius 1 is 1.17 bits per heavy atom. The second kappa shape index (κ2) is 4.80. The maximum Gasteiger partial charge on any atom is 0.0613 e. The minimum Gasteiger partial charge on any atom is -0.396 e. The largest absolute Gasteiger partial charge is 0.396 e. The minimum absolute atomic E-state index is 0.0372. The molecule has 0 spiro atoms. The van der Waals surface area contributed by atoms with Gasteiger partial charge in [-0.3, -0.25) is 0 Å². The van der Waals surface area contributed by atoms with Gasteiger partial charge in [0.15, 0.2) is 0 Å². The standard InChI is InChI=1S/C9H19NO2/c11-7-2-1-6-10-9(8-12)4-3-5-9/h10-12H,1-8H2. The summed E-state index contributed by atoms with van der Waals surface area (Å²) in [6, 6.07) is 0. The topological polar surface area (TPSA) is 52.5 Å². The summed E-state index contributed by atoms with van der Waals surface area (Å²) in [6.45, 7) is 1.45. The molecule has 3 N–H and O–H groups in total. The van der Waals surface area contributed by atoms with Gasteiger partial charge in [0.25, 0.3) is 0 Å². The molecule has 0 aromatic rings. The predicted molar refractivity (Wildman–Crippen MR) is 48.0 cm³/mol. The zero-order valence-electron chi connectivity index (χ0n) is 7.55. The van der Waals surface area contributed by atoms with E-state index in [1.807, 2.05) is 0 Å². The fraction of sp³-hybridized carbons (Fsp3) is 1.00. The van der Waals surface area contributed by atoms with E-state index in [0.29, 0.717) is 0 Å². The van der Waals surface area contributed by atoms with Crippen LogP contribution < -0.4 is 5.32 Å². The summed E-state index contributed by atoms with van der Waals surface area (Å²) in [6.07, 6.45) is 5.28. The quantitative estimate of drug-likeness (QED) is 0.505. The highest BCUT2D eigenvalue weighted by molar-refractivity contribution is 4.95. The van der Waals surface area contributed by atoms with Crippen LogP contribution in [-0.4, -0.2) is 35.5 Å². The first-order chi connectivity index (χ1) is 5.83. The van der Waals surface area contributed by atoms with Crippen LogP contribution in [0.2, 0.25) is 0 Å². The Hall–Kier alpha value is -0.120. The Morgan fingerprint density at radius 2 is 1.92 bits per heavy atom. The van der Waals surface area contributed by atoms with Crippen molar-refractivity contribution in [1.29, 1.82) is 0 Å². The fourth-order valence-corrected chi connectivity index (χ4v) is 1.58. The molecule has 0 aromatic carbocycles. The molecule has 0 unspecified atom stereocenters. The second-order valence-corrected chi connectivity index (χ2v) is 3.65. The van der Waals surface area contributed by atoms with Gasteiger partial charge in [0.2, 0.25) is 0 Å².